The van der Waals surface area contributed by atoms with E-state index in [0.717, 1.165) is 35.1 Å². The van der Waals surface area contributed by atoms with E-state index < -0.39 is 11.9 Å². The number of rotatable bonds is 9. The molecule has 1 aliphatic heterocycles. The van der Waals surface area contributed by atoms with Crippen molar-refractivity contribution >= 4 is 28.6 Å². The number of amides is 2. The zero-order valence-corrected chi connectivity index (χ0v) is 25.8. The zero-order valence-electron chi connectivity index (χ0n) is 25.8. The number of carboxylic acid groups (broad SMARTS) is 1. The quantitative estimate of drug-likeness (QED) is 0.178. The predicted octanol–water partition coefficient (Wildman–Crippen LogP) is 7.30. The van der Waals surface area contributed by atoms with Gasteiger partial charge < -0.3 is 14.9 Å². The summed E-state index contributed by atoms with van der Waals surface area (Å²) in [6, 6.07) is 42.3. The molecule has 1 fully saturated rings. The van der Waals surface area contributed by atoms with Crippen molar-refractivity contribution in [3.8, 4) is 11.1 Å². The second-order valence-corrected chi connectivity index (χ2v) is 12.0. The van der Waals surface area contributed by atoms with Crippen molar-refractivity contribution in [2.24, 2.45) is 5.92 Å². The minimum atomic E-state index is -1.44. The lowest BCUT2D eigenvalue weighted by Gasteiger charge is -2.38. The molecule has 1 atom stereocenters. The van der Waals surface area contributed by atoms with Gasteiger partial charge in [-0.05, 0) is 70.3 Å². The van der Waals surface area contributed by atoms with Crippen LogP contribution in [0, 0.1) is 5.92 Å². The molecule has 0 spiro atoms. The lowest BCUT2D eigenvalue weighted by atomic mass is 9.79. The van der Waals surface area contributed by atoms with Crippen molar-refractivity contribution in [3.05, 3.63) is 144 Å². The molecule has 0 radical (unpaired) electrons. The predicted molar refractivity (Wildman–Crippen MR) is 182 cm³/mol. The Kier molecular flexibility index (Phi) is 9.54. The molecule has 0 bridgehead atoms. The van der Waals surface area contributed by atoms with Gasteiger partial charge in [-0.3, -0.25) is 9.59 Å². The second kappa shape index (κ2) is 14.2. The van der Waals surface area contributed by atoms with E-state index in [2.05, 4.69) is 60.7 Å². The Labute approximate surface area is 269 Å². The molecule has 2 amide bonds. The number of hydrogen-bond donors (Lipinski definition) is 1. The SMILES string of the molecule is O=C(O)C(=O)N(CCc1ccccc1)CC(c1ccc(-c2cccc3ccccc23)cc1)C1CCN(C(=O)c2ccccc2)CC1. The Morgan fingerprint density at radius 1 is 0.739 bits per heavy atom. The maximum Gasteiger partial charge on any atom is 0.394 e. The minimum Gasteiger partial charge on any atom is -0.474 e. The molecule has 1 saturated heterocycles. The van der Waals surface area contributed by atoms with E-state index in [9.17, 15) is 19.5 Å². The zero-order chi connectivity index (χ0) is 31.9. The van der Waals surface area contributed by atoms with Gasteiger partial charge >= 0.3 is 11.9 Å². The molecule has 0 aromatic heterocycles. The molecule has 1 unspecified atom stereocenters. The highest BCUT2D eigenvalue weighted by Crippen LogP contribution is 2.36. The van der Waals surface area contributed by atoms with Crippen molar-refractivity contribution in [3.63, 3.8) is 0 Å². The number of carboxylic acids is 1. The van der Waals surface area contributed by atoms with Crippen LogP contribution >= 0.6 is 0 Å². The second-order valence-electron chi connectivity index (χ2n) is 12.0. The fraction of sp³-hybridized carbons (Fsp3) is 0.225. The third kappa shape index (κ3) is 7.02. The number of likely N-dealkylation sites (tertiary alicyclic amines) is 1. The number of benzene rings is 5. The minimum absolute atomic E-state index is 0.0283. The van der Waals surface area contributed by atoms with Crippen LogP contribution in [-0.2, 0) is 16.0 Å². The smallest absolute Gasteiger partial charge is 0.394 e. The van der Waals surface area contributed by atoms with Gasteiger partial charge in [-0.1, -0.05) is 115 Å². The monoisotopic (exact) mass is 610 g/mol. The topological polar surface area (TPSA) is 77.9 Å². The van der Waals surface area contributed by atoms with Gasteiger partial charge in [0, 0.05) is 37.7 Å². The summed E-state index contributed by atoms with van der Waals surface area (Å²) in [6.45, 7) is 1.83. The van der Waals surface area contributed by atoms with E-state index in [1.165, 1.54) is 15.7 Å². The van der Waals surface area contributed by atoms with Gasteiger partial charge in [0.25, 0.3) is 5.91 Å². The molecule has 0 aliphatic carbocycles. The van der Waals surface area contributed by atoms with E-state index in [4.69, 9.17) is 0 Å². The fourth-order valence-corrected chi connectivity index (χ4v) is 6.74. The molecule has 46 heavy (non-hydrogen) atoms. The van der Waals surface area contributed by atoms with Gasteiger partial charge in [0.2, 0.25) is 0 Å². The van der Waals surface area contributed by atoms with Gasteiger partial charge in [-0.2, -0.15) is 0 Å². The van der Waals surface area contributed by atoms with E-state index in [1.807, 2.05) is 71.6 Å². The van der Waals surface area contributed by atoms with Crippen LogP contribution in [0.25, 0.3) is 21.9 Å². The van der Waals surface area contributed by atoms with Crippen LogP contribution in [0.3, 0.4) is 0 Å². The number of carbonyl (C=O) groups is 3. The molecule has 1 N–H and O–H groups in total. The van der Waals surface area contributed by atoms with Crippen LogP contribution < -0.4 is 0 Å². The van der Waals surface area contributed by atoms with E-state index in [-0.39, 0.29) is 17.7 Å². The molecule has 5 aromatic carbocycles. The van der Waals surface area contributed by atoms with Gasteiger partial charge in [0.05, 0.1) is 0 Å². The summed E-state index contributed by atoms with van der Waals surface area (Å²) in [5.74, 6) is -2.22. The highest BCUT2D eigenvalue weighted by Gasteiger charge is 2.33. The lowest BCUT2D eigenvalue weighted by molar-refractivity contribution is -0.156. The maximum atomic E-state index is 13.2. The number of carbonyl (C=O) groups excluding carboxylic acids is 2. The standard InChI is InChI=1S/C40H38N2O4/c43-38(34-13-5-2-6-14-34)41-26-23-33(24-27-41)37(28-42(39(44)40(45)46)25-22-29-10-3-1-4-11-29)32-20-18-31(19-21-32)36-17-9-15-30-12-7-8-16-35(30)36/h1-21,33,37H,22-28H2,(H,45,46). The Bertz CT molecular complexity index is 1790. The van der Waals surface area contributed by atoms with Crippen molar-refractivity contribution < 1.29 is 19.5 Å². The highest BCUT2D eigenvalue weighted by molar-refractivity contribution is 6.31. The molecule has 6 rings (SSSR count). The Hall–Kier alpha value is -5.23. The van der Waals surface area contributed by atoms with Crippen LogP contribution in [0.5, 0.6) is 0 Å². The highest BCUT2D eigenvalue weighted by atomic mass is 16.4. The normalized spacial score (nSPS) is 14.1. The number of piperidine rings is 1. The Morgan fingerprint density at radius 3 is 2.07 bits per heavy atom. The summed E-state index contributed by atoms with van der Waals surface area (Å²) >= 11 is 0. The molecule has 0 saturated carbocycles. The van der Waals surface area contributed by atoms with E-state index >= 15 is 0 Å². The summed E-state index contributed by atoms with van der Waals surface area (Å²) in [4.78, 5) is 41.6. The van der Waals surface area contributed by atoms with Crippen LogP contribution in [0.4, 0.5) is 0 Å². The Morgan fingerprint density at radius 2 is 1.37 bits per heavy atom. The van der Waals surface area contributed by atoms with Crippen molar-refractivity contribution in [1.82, 2.24) is 9.80 Å². The average Bonchev–Trinajstić information content (AvgIpc) is 3.12. The van der Waals surface area contributed by atoms with Gasteiger partial charge in [-0.15, -0.1) is 0 Å². The van der Waals surface area contributed by atoms with Crippen molar-refractivity contribution in [1.29, 1.82) is 0 Å². The third-order valence-corrected chi connectivity index (χ3v) is 9.26. The maximum absolute atomic E-state index is 13.2. The first kappa shape index (κ1) is 30.8. The average molecular weight is 611 g/mol. The number of hydrogen-bond acceptors (Lipinski definition) is 3. The van der Waals surface area contributed by atoms with Gasteiger partial charge in [-0.25, -0.2) is 4.79 Å². The van der Waals surface area contributed by atoms with Gasteiger partial charge in [0.1, 0.15) is 0 Å². The fourth-order valence-electron chi connectivity index (χ4n) is 6.74. The summed E-state index contributed by atoms with van der Waals surface area (Å²) in [5.41, 5.74) is 5.05. The van der Waals surface area contributed by atoms with Crippen molar-refractivity contribution in [2.75, 3.05) is 26.2 Å². The number of nitrogens with zero attached hydrogens (tertiary/aromatic N) is 2. The lowest BCUT2D eigenvalue weighted by Crippen LogP contribution is -2.44. The van der Waals surface area contributed by atoms with Crippen molar-refractivity contribution in [2.45, 2.75) is 25.2 Å². The van der Waals surface area contributed by atoms with Crippen LogP contribution in [0.1, 0.15) is 40.2 Å². The summed E-state index contributed by atoms with van der Waals surface area (Å²) < 4.78 is 0. The molecule has 5 aromatic rings. The number of aliphatic carboxylic acids is 1. The first-order valence-electron chi connectivity index (χ1n) is 16.0. The largest absolute Gasteiger partial charge is 0.474 e. The van der Waals surface area contributed by atoms with Crippen LogP contribution in [-0.4, -0.2) is 58.9 Å². The summed E-state index contributed by atoms with van der Waals surface area (Å²) in [6.07, 6.45) is 2.10. The first-order chi connectivity index (χ1) is 22.5. The number of fused-ring (bicyclic) bond motifs is 1. The Balaban J connectivity index is 1.27. The third-order valence-electron chi connectivity index (χ3n) is 9.26. The first-order valence-corrected chi connectivity index (χ1v) is 16.0. The van der Waals surface area contributed by atoms with Crippen LogP contribution in [0.2, 0.25) is 0 Å². The molecular weight excluding hydrogens is 572 g/mol. The van der Waals surface area contributed by atoms with E-state index in [0.29, 0.717) is 38.2 Å². The molecule has 6 nitrogen and oxygen atoms in total. The summed E-state index contributed by atoms with van der Waals surface area (Å²) in [5, 5.41) is 12.1. The molecule has 232 valence electrons. The van der Waals surface area contributed by atoms with Gasteiger partial charge in [0.15, 0.2) is 0 Å². The van der Waals surface area contributed by atoms with Crippen LogP contribution in [0.15, 0.2) is 127 Å². The summed E-state index contributed by atoms with van der Waals surface area (Å²) in [7, 11) is 0. The molecule has 1 heterocycles. The molecular formula is C40H38N2O4. The molecule has 6 heteroatoms. The molecule has 1 aliphatic rings. The van der Waals surface area contributed by atoms with E-state index in [1.54, 1.807) is 0 Å².